The topological polar surface area (TPSA) is 111 Å². The summed E-state index contributed by atoms with van der Waals surface area (Å²) >= 11 is 6.34. The molecule has 0 saturated carbocycles. The number of H-pyrrole nitrogens is 1. The minimum absolute atomic E-state index is 0.146. The Morgan fingerprint density at radius 3 is 2.77 bits per heavy atom. The molecule has 4 rings (SSSR count). The maximum absolute atomic E-state index is 13.1. The van der Waals surface area contributed by atoms with E-state index in [1.807, 2.05) is 6.92 Å². The summed E-state index contributed by atoms with van der Waals surface area (Å²) in [6.45, 7) is 2.63. The number of hydrogen-bond acceptors (Lipinski definition) is 5. The first-order chi connectivity index (χ1) is 14.3. The summed E-state index contributed by atoms with van der Waals surface area (Å²) in [7, 11) is -3.75. The van der Waals surface area contributed by atoms with Gasteiger partial charge in [0.1, 0.15) is 22.4 Å². The summed E-state index contributed by atoms with van der Waals surface area (Å²) in [6, 6.07) is 2.78. The van der Waals surface area contributed by atoms with Crippen molar-refractivity contribution in [3.63, 3.8) is 0 Å². The molecule has 0 bridgehead atoms. The molecule has 9 nitrogen and oxygen atoms in total. The summed E-state index contributed by atoms with van der Waals surface area (Å²) in [5.74, 6) is -0.538. The van der Waals surface area contributed by atoms with E-state index in [1.165, 1.54) is 20.7 Å². The van der Waals surface area contributed by atoms with Crippen molar-refractivity contribution in [2.75, 3.05) is 32.7 Å². The van der Waals surface area contributed by atoms with Gasteiger partial charge in [0, 0.05) is 26.2 Å². The molecule has 1 amide bonds. The number of halogens is 2. The number of nitrogens with one attached hydrogen (secondary N) is 2. The monoisotopic (exact) mass is 454 g/mol. The van der Waals surface area contributed by atoms with Crippen LogP contribution < -0.4 is 5.32 Å². The SMILES string of the molecule is C[C@H]1CN(S(=O)(=O)N2CCNC(=O)C2)CC=C1c1nc(-c2ccc(F)cn2)[nH]c1Cl. The van der Waals surface area contributed by atoms with E-state index in [9.17, 15) is 17.6 Å². The van der Waals surface area contributed by atoms with E-state index >= 15 is 0 Å². The molecule has 0 aromatic carbocycles. The number of carbonyl (C=O) groups is 1. The average Bonchev–Trinajstić information content (AvgIpc) is 3.10. The summed E-state index contributed by atoms with van der Waals surface area (Å²) in [5.41, 5.74) is 1.77. The molecule has 0 unspecified atom stereocenters. The van der Waals surface area contributed by atoms with Gasteiger partial charge in [0.15, 0.2) is 5.82 Å². The molecule has 2 N–H and O–H groups in total. The van der Waals surface area contributed by atoms with E-state index in [2.05, 4.69) is 20.3 Å². The number of imidazole rings is 1. The molecule has 30 heavy (non-hydrogen) atoms. The molecule has 2 aromatic rings. The van der Waals surface area contributed by atoms with Gasteiger partial charge in [0.2, 0.25) is 5.91 Å². The van der Waals surface area contributed by atoms with Crippen LogP contribution in [0, 0.1) is 11.7 Å². The Balaban J connectivity index is 1.56. The second-order valence-electron chi connectivity index (χ2n) is 7.18. The molecule has 0 spiro atoms. The maximum Gasteiger partial charge on any atom is 0.282 e. The highest BCUT2D eigenvalue weighted by Crippen LogP contribution is 2.33. The highest BCUT2D eigenvalue weighted by atomic mass is 35.5. The first-order valence-electron chi connectivity index (χ1n) is 9.35. The van der Waals surface area contributed by atoms with Gasteiger partial charge in [-0.25, -0.2) is 14.4 Å². The number of aromatic nitrogens is 3. The van der Waals surface area contributed by atoms with Crippen molar-refractivity contribution in [1.29, 1.82) is 0 Å². The van der Waals surface area contributed by atoms with E-state index in [-0.39, 0.29) is 38.0 Å². The highest BCUT2D eigenvalue weighted by molar-refractivity contribution is 7.86. The number of carbonyl (C=O) groups excluding carboxylic acids is 1. The number of aromatic amines is 1. The Bertz CT molecular complexity index is 1100. The zero-order valence-corrected chi connectivity index (χ0v) is 17.7. The lowest BCUT2D eigenvalue weighted by atomic mass is 9.95. The molecule has 0 aliphatic carbocycles. The van der Waals surface area contributed by atoms with Crippen LogP contribution in [0.2, 0.25) is 5.15 Å². The van der Waals surface area contributed by atoms with Crippen LogP contribution in [0.15, 0.2) is 24.4 Å². The molecular formula is C18H20ClFN6O3S. The van der Waals surface area contributed by atoms with Gasteiger partial charge in [-0.15, -0.1) is 0 Å². The average molecular weight is 455 g/mol. The normalized spacial score (nSPS) is 21.4. The fourth-order valence-corrected chi connectivity index (χ4v) is 5.40. The molecule has 2 aliphatic heterocycles. The number of hydrogen-bond donors (Lipinski definition) is 2. The van der Waals surface area contributed by atoms with Crippen LogP contribution in [0.5, 0.6) is 0 Å². The second-order valence-corrected chi connectivity index (χ2v) is 9.48. The van der Waals surface area contributed by atoms with Gasteiger partial charge in [-0.05, 0) is 23.6 Å². The second kappa shape index (κ2) is 8.06. The van der Waals surface area contributed by atoms with Crippen molar-refractivity contribution in [3.8, 4) is 11.5 Å². The Morgan fingerprint density at radius 1 is 1.30 bits per heavy atom. The minimum atomic E-state index is -3.75. The van der Waals surface area contributed by atoms with Gasteiger partial charge in [-0.2, -0.15) is 17.0 Å². The van der Waals surface area contributed by atoms with Crippen LogP contribution in [0.4, 0.5) is 4.39 Å². The molecule has 12 heteroatoms. The Hall–Kier alpha value is -2.34. The lowest BCUT2D eigenvalue weighted by Crippen LogP contribution is -2.55. The third kappa shape index (κ3) is 3.97. The third-order valence-corrected chi connectivity index (χ3v) is 7.27. The van der Waals surface area contributed by atoms with Crippen molar-refractivity contribution in [3.05, 3.63) is 41.1 Å². The largest absolute Gasteiger partial charge is 0.354 e. The lowest BCUT2D eigenvalue weighted by Gasteiger charge is -2.35. The van der Waals surface area contributed by atoms with E-state index in [0.717, 1.165) is 11.8 Å². The Kier molecular flexibility index (Phi) is 5.62. The molecule has 2 aromatic heterocycles. The van der Waals surface area contributed by atoms with E-state index in [0.29, 0.717) is 28.9 Å². The van der Waals surface area contributed by atoms with Crippen molar-refractivity contribution < 1.29 is 17.6 Å². The fourth-order valence-electron chi connectivity index (χ4n) is 3.55. The van der Waals surface area contributed by atoms with Gasteiger partial charge in [-0.1, -0.05) is 24.6 Å². The van der Waals surface area contributed by atoms with Crippen LogP contribution >= 0.6 is 11.6 Å². The van der Waals surface area contributed by atoms with Crippen molar-refractivity contribution >= 4 is 33.3 Å². The summed E-state index contributed by atoms with van der Waals surface area (Å²) in [6.07, 6.45) is 2.87. The van der Waals surface area contributed by atoms with Crippen LogP contribution in [-0.2, 0) is 15.0 Å². The quantitative estimate of drug-likeness (QED) is 0.722. The van der Waals surface area contributed by atoms with Crippen LogP contribution in [0.3, 0.4) is 0 Å². The molecule has 0 radical (unpaired) electrons. The number of nitrogens with zero attached hydrogens (tertiary/aromatic N) is 4. The molecule has 2 aliphatic rings. The first-order valence-corrected chi connectivity index (χ1v) is 11.1. The van der Waals surface area contributed by atoms with Gasteiger partial charge in [0.25, 0.3) is 10.2 Å². The zero-order chi connectivity index (χ0) is 21.5. The van der Waals surface area contributed by atoms with Crippen LogP contribution in [-0.4, -0.2) is 70.6 Å². The summed E-state index contributed by atoms with van der Waals surface area (Å²) in [5, 5.41) is 2.93. The number of amides is 1. The summed E-state index contributed by atoms with van der Waals surface area (Å²) in [4.78, 5) is 23.0. The van der Waals surface area contributed by atoms with Gasteiger partial charge in [0.05, 0.1) is 12.7 Å². The summed E-state index contributed by atoms with van der Waals surface area (Å²) < 4.78 is 41.5. The van der Waals surface area contributed by atoms with Crippen molar-refractivity contribution in [2.45, 2.75) is 6.92 Å². The molecular weight excluding hydrogens is 435 g/mol. The van der Waals surface area contributed by atoms with Gasteiger partial charge >= 0.3 is 0 Å². The standard InChI is InChI=1S/C18H20ClFN6O3S/c1-11-9-25(30(28,29)26-7-5-21-15(27)10-26)6-4-13(11)16-17(19)24-18(23-16)14-3-2-12(20)8-22-14/h2-4,8,11H,5-7,9-10H2,1H3,(H,21,27)(H,23,24)/t11-/m0/s1. The Morgan fingerprint density at radius 2 is 2.10 bits per heavy atom. The molecule has 1 atom stereocenters. The molecule has 4 heterocycles. The van der Waals surface area contributed by atoms with Gasteiger partial charge in [-0.3, -0.25) is 4.79 Å². The zero-order valence-electron chi connectivity index (χ0n) is 16.1. The fraction of sp³-hybridized carbons (Fsp3) is 0.389. The molecule has 160 valence electrons. The van der Waals surface area contributed by atoms with Crippen LogP contribution in [0.1, 0.15) is 12.6 Å². The predicted octanol–water partition coefficient (Wildman–Crippen LogP) is 1.28. The lowest BCUT2D eigenvalue weighted by molar-refractivity contribution is -0.122. The molecule has 1 fully saturated rings. The molecule has 1 saturated heterocycles. The van der Waals surface area contributed by atoms with Crippen LogP contribution in [0.25, 0.3) is 17.1 Å². The number of piperazine rings is 1. The number of pyridine rings is 1. The smallest absolute Gasteiger partial charge is 0.282 e. The highest BCUT2D eigenvalue weighted by Gasteiger charge is 2.36. The number of rotatable bonds is 4. The van der Waals surface area contributed by atoms with Crippen molar-refractivity contribution in [1.82, 2.24) is 28.9 Å². The van der Waals surface area contributed by atoms with E-state index < -0.39 is 16.0 Å². The van der Waals surface area contributed by atoms with E-state index in [4.69, 9.17) is 11.6 Å². The predicted molar refractivity (Wildman–Crippen MR) is 109 cm³/mol. The first kappa shape index (κ1) is 20.9. The maximum atomic E-state index is 13.1. The Labute approximate surface area is 178 Å². The van der Waals surface area contributed by atoms with E-state index in [1.54, 1.807) is 6.08 Å². The minimum Gasteiger partial charge on any atom is -0.354 e. The third-order valence-electron chi connectivity index (χ3n) is 5.08. The van der Waals surface area contributed by atoms with Crippen molar-refractivity contribution in [2.24, 2.45) is 5.92 Å². The van der Waals surface area contributed by atoms with Gasteiger partial charge < -0.3 is 10.3 Å².